The first-order valence-corrected chi connectivity index (χ1v) is 6.88. The lowest BCUT2D eigenvalue weighted by molar-refractivity contribution is -0.155. The van der Waals surface area contributed by atoms with E-state index >= 15 is 0 Å². The van der Waals surface area contributed by atoms with Gasteiger partial charge in [-0.3, -0.25) is 4.57 Å². The Balaban J connectivity index is 2.07. The predicted molar refractivity (Wildman–Crippen MR) is 76.0 cm³/mol. The van der Waals surface area contributed by atoms with E-state index in [0.717, 1.165) is 0 Å². The molecule has 3 rings (SSSR count). The van der Waals surface area contributed by atoms with Gasteiger partial charge in [-0.1, -0.05) is 0 Å². The number of fused-ring (bicyclic) bond motifs is 1. The van der Waals surface area contributed by atoms with Gasteiger partial charge in [0.05, 0.1) is 6.33 Å². The van der Waals surface area contributed by atoms with Crippen LogP contribution in [-0.4, -0.2) is 59.1 Å². The Hall–Kier alpha value is -1.57. The SMILES string of the molecule is Nc1nc(I)nc2c1ncn2[C@@H]1O[C@H](C(=O)O)[C@@H](O)[C@H]1O. The van der Waals surface area contributed by atoms with Crippen molar-refractivity contribution in [2.45, 2.75) is 24.5 Å². The molecule has 11 heteroatoms. The highest BCUT2D eigenvalue weighted by molar-refractivity contribution is 14.1. The summed E-state index contributed by atoms with van der Waals surface area (Å²) in [4.78, 5) is 23.1. The summed E-state index contributed by atoms with van der Waals surface area (Å²) in [6, 6.07) is 0. The van der Waals surface area contributed by atoms with Crippen molar-refractivity contribution >= 4 is 45.5 Å². The van der Waals surface area contributed by atoms with Crippen LogP contribution in [0.4, 0.5) is 5.82 Å². The smallest absolute Gasteiger partial charge is 0.335 e. The molecule has 0 aliphatic carbocycles. The maximum Gasteiger partial charge on any atom is 0.335 e. The van der Waals surface area contributed by atoms with E-state index in [4.69, 9.17) is 15.6 Å². The van der Waals surface area contributed by atoms with Gasteiger partial charge in [0.1, 0.15) is 17.7 Å². The minimum atomic E-state index is -1.55. The first-order chi connectivity index (χ1) is 9.90. The molecule has 1 saturated heterocycles. The lowest BCUT2D eigenvalue weighted by Crippen LogP contribution is -2.35. The van der Waals surface area contributed by atoms with Crippen molar-refractivity contribution in [3.05, 3.63) is 10.2 Å². The van der Waals surface area contributed by atoms with Crippen molar-refractivity contribution in [3.8, 4) is 0 Å². The highest BCUT2D eigenvalue weighted by Gasteiger charge is 2.48. The topological polar surface area (TPSA) is 157 Å². The first-order valence-electron chi connectivity index (χ1n) is 5.80. The van der Waals surface area contributed by atoms with Gasteiger partial charge in [-0.25, -0.2) is 19.7 Å². The molecule has 0 spiro atoms. The molecule has 0 aromatic carbocycles. The molecular formula is C10H10IN5O5. The number of aliphatic hydroxyl groups is 2. The zero-order valence-corrected chi connectivity index (χ0v) is 12.4. The van der Waals surface area contributed by atoms with E-state index < -0.39 is 30.5 Å². The van der Waals surface area contributed by atoms with E-state index in [0.29, 0.717) is 9.35 Å². The van der Waals surface area contributed by atoms with Crippen molar-refractivity contribution in [2.24, 2.45) is 0 Å². The van der Waals surface area contributed by atoms with Gasteiger partial charge in [0.25, 0.3) is 0 Å². The summed E-state index contributed by atoms with van der Waals surface area (Å²) in [5.74, 6) is -1.21. The largest absolute Gasteiger partial charge is 0.479 e. The average Bonchev–Trinajstić information content (AvgIpc) is 2.93. The lowest BCUT2D eigenvalue weighted by atomic mass is 10.1. The number of ether oxygens (including phenoxy) is 1. The minimum absolute atomic E-state index is 0.158. The Morgan fingerprint density at radius 1 is 1.38 bits per heavy atom. The van der Waals surface area contributed by atoms with Gasteiger partial charge in [-0.2, -0.15) is 0 Å². The van der Waals surface area contributed by atoms with E-state index in [1.807, 2.05) is 22.6 Å². The molecule has 0 amide bonds. The van der Waals surface area contributed by atoms with Crippen LogP contribution in [0.2, 0.25) is 0 Å². The number of nitrogens with zero attached hydrogens (tertiary/aromatic N) is 4. The normalized spacial score (nSPS) is 29.1. The Labute approximate surface area is 130 Å². The van der Waals surface area contributed by atoms with Gasteiger partial charge in [-0.05, 0) is 0 Å². The Morgan fingerprint density at radius 2 is 2.10 bits per heavy atom. The number of halogens is 1. The molecule has 112 valence electrons. The fraction of sp³-hybridized carbons (Fsp3) is 0.400. The third-order valence-electron chi connectivity index (χ3n) is 3.18. The van der Waals surface area contributed by atoms with E-state index in [9.17, 15) is 15.0 Å². The highest BCUT2D eigenvalue weighted by Crippen LogP contribution is 2.32. The van der Waals surface area contributed by atoms with E-state index in [1.165, 1.54) is 10.9 Å². The summed E-state index contributed by atoms with van der Waals surface area (Å²) in [6.45, 7) is 0. The van der Waals surface area contributed by atoms with Crippen LogP contribution in [0.1, 0.15) is 6.23 Å². The quantitative estimate of drug-likeness (QED) is 0.352. The van der Waals surface area contributed by atoms with Crippen LogP contribution in [0.3, 0.4) is 0 Å². The van der Waals surface area contributed by atoms with Crippen LogP contribution in [0, 0.1) is 3.83 Å². The molecule has 1 fully saturated rings. The molecule has 2 aromatic heterocycles. The molecule has 0 saturated carbocycles. The van der Waals surface area contributed by atoms with Crippen LogP contribution < -0.4 is 5.73 Å². The monoisotopic (exact) mass is 407 g/mol. The first kappa shape index (κ1) is 14.4. The maximum atomic E-state index is 11.0. The number of carboxylic acids is 1. The number of hydrogen-bond acceptors (Lipinski definition) is 8. The van der Waals surface area contributed by atoms with Crippen molar-refractivity contribution in [1.82, 2.24) is 19.5 Å². The number of hydrogen-bond donors (Lipinski definition) is 4. The molecule has 1 aliphatic heterocycles. The zero-order valence-electron chi connectivity index (χ0n) is 10.3. The standard InChI is InChI=1S/C10H10IN5O5/c11-10-14-6(12)2-7(15-10)16(1-13-2)8-4(18)3(17)5(21-8)9(19)20/h1,3-5,8,17-18H,(H,19,20)(H2,12,14,15)/t3-,4+,5-,8+/m0/s1. The number of aliphatic carboxylic acids is 1. The van der Waals surface area contributed by atoms with E-state index in [1.54, 1.807) is 0 Å². The fourth-order valence-corrected chi connectivity index (χ4v) is 2.68. The second kappa shape index (κ2) is 5.01. The molecule has 4 atom stereocenters. The minimum Gasteiger partial charge on any atom is -0.479 e. The predicted octanol–water partition coefficient (Wildman–Crippen LogP) is -1.28. The van der Waals surface area contributed by atoms with Crippen LogP contribution in [0.15, 0.2) is 6.33 Å². The molecule has 0 radical (unpaired) electrons. The summed E-state index contributed by atoms with van der Waals surface area (Å²) in [6.07, 6.45) is -4.34. The van der Waals surface area contributed by atoms with Gasteiger partial charge in [0.2, 0.25) is 0 Å². The van der Waals surface area contributed by atoms with Crippen molar-refractivity contribution in [3.63, 3.8) is 0 Å². The van der Waals surface area contributed by atoms with Crippen molar-refractivity contribution in [1.29, 1.82) is 0 Å². The average molecular weight is 407 g/mol. The number of anilines is 1. The van der Waals surface area contributed by atoms with Crippen LogP contribution in [-0.2, 0) is 9.53 Å². The summed E-state index contributed by atoms with van der Waals surface area (Å²) in [5, 5.41) is 28.7. The number of imidazole rings is 1. The Kier molecular flexibility index (Phi) is 3.43. The van der Waals surface area contributed by atoms with Crippen molar-refractivity contribution in [2.75, 3.05) is 5.73 Å². The lowest BCUT2D eigenvalue weighted by Gasteiger charge is -2.16. The fourth-order valence-electron chi connectivity index (χ4n) is 2.19. The van der Waals surface area contributed by atoms with Crippen LogP contribution in [0.5, 0.6) is 0 Å². The summed E-state index contributed by atoms with van der Waals surface area (Å²) >= 11 is 1.86. The third-order valence-corrected chi connectivity index (χ3v) is 3.66. The molecule has 0 bridgehead atoms. The second-order valence-corrected chi connectivity index (χ2v) is 5.43. The second-order valence-electron chi connectivity index (χ2n) is 4.47. The van der Waals surface area contributed by atoms with Crippen LogP contribution >= 0.6 is 22.6 Å². The van der Waals surface area contributed by atoms with Crippen molar-refractivity contribution < 1.29 is 24.9 Å². The summed E-state index contributed by atoms with van der Waals surface area (Å²) in [5.41, 5.74) is 6.32. The number of aliphatic hydroxyl groups excluding tert-OH is 2. The van der Waals surface area contributed by atoms with E-state index in [2.05, 4.69) is 15.0 Å². The molecule has 0 unspecified atom stereocenters. The van der Waals surface area contributed by atoms with Gasteiger partial charge in [-0.15, -0.1) is 0 Å². The Morgan fingerprint density at radius 3 is 2.71 bits per heavy atom. The highest BCUT2D eigenvalue weighted by atomic mass is 127. The number of aromatic nitrogens is 4. The summed E-state index contributed by atoms with van der Waals surface area (Å²) < 4.78 is 6.89. The molecule has 5 N–H and O–H groups in total. The number of carboxylic acid groups (broad SMARTS) is 1. The number of carbonyl (C=O) groups is 1. The molecule has 3 heterocycles. The molecule has 10 nitrogen and oxygen atoms in total. The molecule has 21 heavy (non-hydrogen) atoms. The molecule has 1 aliphatic rings. The number of nitrogens with two attached hydrogens (primary N) is 1. The van der Waals surface area contributed by atoms with E-state index in [-0.39, 0.29) is 11.5 Å². The third kappa shape index (κ3) is 2.21. The van der Waals surface area contributed by atoms with Gasteiger partial charge in [0.15, 0.2) is 27.6 Å². The van der Waals surface area contributed by atoms with Gasteiger partial charge < -0.3 is 25.8 Å². The number of rotatable bonds is 2. The molecule has 2 aromatic rings. The van der Waals surface area contributed by atoms with Gasteiger partial charge >= 0.3 is 5.97 Å². The zero-order chi connectivity index (χ0) is 15.3. The van der Waals surface area contributed by atoms with Gasteiger partial charge in [0, 0.05) is 22.6 Å². The summed E-state index contributed by atoms with van der Waals surface area (Å²) in [7, 11) is 0. The Bertz CT molecular complexity index is 721. The molecular weight excluding hydrogens is 397 g/mol. The van der Waals surface area contributed by atoms with Crippen LogP contribution in [0.25, 0.3) is 11.2 Å². The number of nitrogen functional groups attached to an aromatic ring is 1. The maximum absolute atomic E-state index is 11.0.